The highest BCUT2D eigenvalue weighted by molar-refractivity contribution is 9.10. The Morgan fingerprint density at radius 3 is 2.45 bits per heavy atom. The second-order valence-electron chi connectivity index (χ2n) is 4.65. The lowest BCUT2D eigenvalue weighted by Gasteiger charge is -2.09. The second kappa shape index (κ2) is 6.02. The Morgan fingerprint density at radius 1 is 0.900 bits per heavy atom. The molecular weight excluding hydrogens is 380 g/mol. The average molecular weight is 394 g/mol. The molecule has 0 saturated heterocycles. The van der Waals surface area contributed by atoms with Gasteiger partial charge in [0.25, 0.3) is 0 Å². The smallest absolute Gasteiger partial charge is 0.0481 e. The molecule has 0 unspecified atom stereocenters. The first-order valence-electron chi connectivity index (χ1n) is 6.46. The normalized spacial score (nSPS) is 10.9. The van der Waals surface area contributed by atoms with Gasteiger partial charge in [-0.15, -0.1) is 0 Å². The number of anilines is 1. The molecule has 20 heavy (non-hydrogen) atoms. The molecule has 2 aromatic carbocycles. The van der Waals surface area contributed by atoms with Crippen LogP contribution in [0.2, 0.25) is 0 Å². The number of hydrogen-bond acceptors (Lipinski definition) is 1. The van der Waals surface area contributed by atoms with Gasteiger partial charge < -0.3 is 9.88 Å². The Balaban J connectivity index is 1.66. The molecule has 0 radical (unpaired) electrons. The Hall–Kier alpha value is -1.26. The summed E-state index contributed by atoms with van der Waals surface area (Å²) < 4.78 is 4.49. The summed E-state index contributed by atoms with van der Waals surface area (Å²) in [6, 6.07) is 16.8. The predicted molar refractivity (Wildman–Crippen MR) is 92.3 cm³/mol. The van der Waals surface area contributed by atoms with E-state index in [9.17, 15) is 0 Å². The van der Waals surface area contributed by atoms with E-state index >= 15 is 0 Å². The fourth-order valence-electron chi connectivity index (χ4n) is 2.25. The van der Waals surface area contributed by atoms with Crippen LogP contribution in [-0.2, 0) is 6.54 Å². The number of hydrogen-bond donors (Lipinski definition) is 1. The SMILES string of the molecule is Brc1ccc(NCCn2ccc3cc(Br)ccc32)cc1. The predicted octanol–water partition coefficient (Wildman–Crippen LogP) is 5.28. The molecule has 2 nitrogen and oxygen atoms in total. The minimum Gasteiger partial charge on any atom is -0.383 e. The van der Waals surface area contributed by atoms with Crippen molar-refractivity contribution in [3.63, 3.8) is 0 Å². The van der Waals surface area contributed by atoms with Crippen molar-refractivity contribution in [2.24, 2.45) is 0 Å². The van der Waals surface area contributed by atoms with Crippen molar-refractivity contribution in [2.75, 3.05) is 11.9 Å². The lowest BCUT2D eigenvalue weighted by Crippen LogP contribution is -2.09. The first kappa shape index (κ1) is 13.7. The summed E-state index contributed by atoms with van der Waals surface area (Å²) >= 11 is 6.95. The van der Waals surface area contributed by atoms with Crippen molar-refractivity contribution in [1.29, 1.82) is 0 Å². The second-order valence-corrected chi connectivity index (χ2v) is 6.48. The molecule has 1 N–H and O–H groups in total. The summed E-state index contributed by atoms with van der Waals surface area (Å²) in [6.07, 6.45) is 2.14. The van der Waals surface area contributed by atoms with Crippen molar-refractivity contribution in [1.82, 2.24) is 4.57 Å². The molecule has 0 amide bonds. The molecule has 0 aliphatic heterocycles. The van der Waals surface area contributed by atoms with E-state index in [1.807, 2.05) is 12.1 Å². The topological polar surface area (TPSA) is 17.0 Å². The first-order valence-corrected chi connectivity index (χ1v) is 8.05. The number of rotatable bonds is 4. The highest BCUT2D eigenvalue weighted by Gasteiger charge is 2.01. The zero-order valence-corrected chi connectivity index (χ0v) is 14.0. The molecule has 4 heteroatoms. The van der Waals surface area contributed by atoms with Gasteiger partial charge in [-0.25, -0.2) is 0 Å². The van der Waals surface area contributed by atoms with E-state index in [1.54, 1.807) is 0 Å². The summed E-state index contributed by atoms with van der Waals surface area (Å²) in [7, 11) is 0. The fourth-order valence-corrected chi connectivity index (χ4v) is 2.90. The summed E-state index contributed by atoms with van der Waals surface area (Å²) in [4.78, 5) is 0. The monoisotopic (exact) mass is 392 g/mol. The van der Waals surface area contributed by atoms with E-state index in [0.29, 0.717) is 0 Å². The van der Waals surface area contributed by atoms with Crippen LogP contribution in [0.4, 0.5) is 5.69 Å². The quantitative estimate of drug-likeness (QED) is 0.638. The Kier molecular flexibility index (Phi) is 4.13. The summed E-state index contributed by atoms with van der Waals surface area (Å²) in [5, 5.41) is 4.70. The van der Waals surface area contributed by atoms with Crippen LogP contribution in [0, 0.1) is 0 Å². The third kappa shape index (κ3) is 3.07. The van der Waals surface area contributed by atoms with Crippen LogP contribution in [0.15, 0.2) is 63.7 Å². The number of benzene rings is 2. The van der Waals surface area contributed by atoms with Gasteiger partial charge >= 0.3 is 0 Å². The number of nitrogens with zero attached hydrogens (tertiary/aromatic N) is 1. The molecular formula is C16H14Br2N2. The van der Waals surface area contributed by atoms with Gasteiger partial charge in [0.1, 0.15) is 0 Å². The van der Waals surface area contributed by atoms with Gasteiger partial charge in [-0.1, -0.05) is 31.9 Å². The molecule has 1 aromatic heterocycles. The highest BCUT2D eigenvalue weighted by atomic mass is 79.9. The van der Waals surface area contributed by atoms with Gasteiger partial charge in [0.05, 0.1) is 0 Å². The molecule has 0 fully saturated rings. The van der Waals surface area contributed by atoms with E-state index in [4.69, 9.17) is 0 Å². The molecule has 1 heterocycles. The van der Waals surface area contributed by atoms with E-state index < -0.39 is 0 Å². The minimum absolute atomic E-state index is 0.904. The van der Waals surface area contributed by atoms with Crippen LogP contribution in [0.3, 0.4) is 0 Å². The third-order valence-corrected chi connectivity index (χ3v) is 4.28. The van der Waals surface area contributed by atoms with Gasteiger partial charge in [0.2, 0.25) is 0 Å². The van der Waals surface area contributed by atoms with Gasteiger partial charge in [-0.3, -0.25) is 0 Å². The van der Waals surface area contributed by atoms with Crippen LogP contribution < -0.4 is 5.32 Å². The molecule has 3 rings (SSSR count). The maximum atomic E-state index is 3.51. The van der Waals surface area contributed by atoms with E-state index in [0.717, 1.165) is 27.7 Å². The lowest BCUT2D eigenvalue weighted by molar-refractivity contribution is 0.757. The van der Waals surface area contributed by atoms with E-state index in [-0.39, 0.29) is 0 Å². The molecule has 3 aromatic rings. The van der Waals surface area contributed by atoms with Gasteiger partial charge in [-0.05, 0) is 48.5 Å². The highest BCUT2D eigenvalue weighted by Crippen LogP contribution is 2.21. The number of aromatic nitrogens is 1. The number of halogens is 2. The molecule has 0 spiro atoms. The lowest BCUT2D eigenvalue weighted by atomic mass is 10.2. The number of fused-ring (bicyclic) bond motifs is 1. The van der Waals surface area contributed by atoms with Crippen molar-refractivity contribution >= 4 is 48.5 Å². The van der Waals surface area contributed by atoms with Crippen LogP contribution in [0.1, 0.15) is 0 Å². The molecule has 0 atom stereocenters. The number of nitrogens with one attached hydrogen (secondary N) is 1. The average Bonchev–Trinajstić information content (AvgIpc) is 2.83. The Labute approximate surface area is 135 Å². The van der Waals surface area contributed by atoms with Crippen molar-refractivity contribution in [3.8, 4) is 0 Å². The van der Waals surface area contributed by atoms with Crippen LogP contribution in [-0.4, -0.2) is 11.1 Å². The Morgan fingerprint density at radius 2 is 1.65 bits per heavy atom. The van der Waals surface area contributed by atoms with Crippen LogP contribution in [0.5, 0.6) is 0 Å². The Bertz CT molecular complexity index is 717. The van der Waals surface area contributed by atoms with Crippen molar-refractivity contribution in [2.45, 2.75) is 6.54 Å². The van der Waals surface area contributed by atoms with Crippen molar-refractivity contribution < 1.29 is 0 Å². The van der Waals surface area contributed by atoms with Gasteiger partial charge in [0, 0.05) is 44.8 Å². The van der Waals surface area contributed by atoms with E-state index in [2.05, 4.69) is 84.3 Å². The van der Waals surface area contributed by atoms with Crippen LogP contribution >= 0.6 is 31.9 Å². The summed E-state index contributed by atoms with van der Waals surface area (Å²) in [5.41, 5.74) is 2.42. The summed E-state index contributed by atoms with van der Waals surface area (Å²) in [5.74, 6) is 0. The molecule has 102 valence electrons. The third-order valence-electron chi connectivity index (χ3n) is 3.26. The largest absolute Gasteiger partial charge is 0.383 e. The van der Waals surface area contributed by atoms with Gasteiger partial charge in [-0.2, -0.15) is 0 Å². The molecule has 0 bridgehead atoms. The molecule has 0 saturated carbocycles. The fraction of sp³-hybridized carbons (Fsp3) is 0.125. The standard InChI is InChI=1S/C16H14Br2N2/c17-13-1-4-15(5-2-13)19-8-10-20-9-7-12-11-14(18)3-6-16(12)20/h1-7,9,11,19H,8,10H2. The van der Waals surface area contributed by atoms with Gasteiger partial charge in [0.15, 0.2) is 0 Å². The maximum absolute atomic E-state index is 3.51. The minimum atomic E-state index is 0.904. The molecule has 0 aliphatic rings. The van der Waals surface area contributed by atoms with Crippen molar-refractivity contribution in [3.05, 3.63) is 63.7 Å². The maximum Gasteiger partial charge on any atom is 0.0481 e. The van der Waals surface area contributed by atoms with E-state index in [1.165, 1.54) is 10.9 Å². The molecule has 0 aliphatic carbocycles. The zero-order valence-electron chi connectivity index (χ0n) is 10.8. The summed E-state index contributed by atoms with van der Waals surface area (Å²) in [6.45, 7) is 1.85. The zero-order chi connectivity index (χ0) is 13.9. The van der Waals surface area contributed by atoms with Crippen LogP contribution in [0.25, 0.3) is 10.9 Å². The first-order chi connectivity index (χ1) is 9.72.